The summed E-state index contributed by atoms with van der Waals surface area (Å²) in [5, 5.41) is 0. The molecule has 1 aromatic carbocycles. The fourth-order valence-electron chi connectivity index (χ4n) is 2.14. The second-order valence-electron chi connectivity index (χ2n) is 4.89. The Labute approximate surface area is 102 Å². The summed E-state index contributed by atoms with van der Waals surface area (Å²) >= 11 is 0. The maximum Gasteiger partial charge on any atom is 0.0932 e. The number of likely N-dealkylation sites (N-methyl/N-ethyl adjacent to an activating group) is 2. The van der Waals surface area contributed by atoms with Crippen LogP contribution in [0.15, 0.2) is 24.5 Å². The van der Waals surface area contributed by atoms with E-state index in [1.54, 1.807) is 6.33 Å². The minimum Gasteiger partial charge on any atom is -0.345 e. The summed E-state index contributed by atoms with van der Waals surface area (Å²) in [6.07, 6.45) is 1.76. The highest BCUT2D eigenvalue weighted by molar-refractivity contribution is 5.78. The summed E-state index contributed by atoms with van der Waals surface area (Å²) in [6, 6.07) is 6.67. The van der Waals surface area contributed by atoms with Crippen molar-refractivity contribution in [3.8, 4) is 0 Å². The molecule has 2 aromatic rings. The first-order valence-electron chi connectivity index (χ1n) is 5.82. The fraction of sp³-hybridized carbons (Fsp3) is 0.462. The highest BCUT2D eigenvalue weighted by Gasteiger charge is 2.18. The van der Waals surface area contributed by atoms with Gasteiger partial charge in [0, 0.05) is 12.6 Å². The molecule has 17 heavy (non-hydrogen) atoms. The molecule has 4 heteroatoms. The number of nitrogens with one attached hydrogen (secondary N) is 1. The molecule has 0 aliphatic rings. The Hall–Kier alpha value is -1.39. The van der Waals surface area contributed by atoms with Gasteiger partial charge in [-0.3, -0.25) is 0 Å². The molecular weight excluding hydrogens is 212 g/mol. The Kier molecular flexibility index (Phi) is 3.45. The largest absolute Gasteiger partial charge is 0.345 e. The molecule has 0 aliphatic heterocycles. The van der Waals surface area contributed by atoms with Gasteiger partial charge >= 0.3 is 0 Å². The van der Waals surface area contributed by atoms with Crippen LogP contribution < -0.4 is 0 Å². The summed E-state index contributed by atoms with van der Waals surface area (Å²) in [6.45, 7) is 0.985. The van der Waals surface area contributed by atoms with Gasteiger partial charge in [0.15, 0.2) is 0 Å². The van der Waals surface area contributed by atoms with E-state index < -0.39 is 0 Å². The maximum atomic E-state index is 4.43. The average Bonchev–Trinajstić information content (AvgIpc) is 2.73. The van der Waals surface area contributed by atoms with Crippen LogP contribution in [0.4, 0.5) is 0 Å². The first-order valence-corrected chi connectivity index (χ1v) is 5.82. The zero-order valence-electron chi connectivity index (χ0n) is 10.9. The Morgan fingerprint density at radius 2 is 2.00 bits per heavy atom. The number of para-hydroxylation sites is 1. The van der Waals surface area contributed by atoms with Gasteiger partial charge in [-0.15, -0.1) is 0 Å². The Morgan fingerprint density at radius 3 is 2.65 bits per heavy atom. The summed E-state index contributed by atoms with van der Waals surface area (Å²) < 4.78 is 0. The van der Waals surface area contributed by atoms with Gasteiger partial charge in [0.25, 0.3) is 0 Å². The number of H-pyrrole nitrogens is 1. The number of fused-ring (bicyclic) bond motifs is 1. The summed E-state index contributed by atoms with van der Waals surface area (Å²) in [5.74, 6) is 0. The van der Waals surface area contributed by atoms with E-state index in [-0.39, 0.29) is 0 Å². The highest BCUT2D eigenvalue weighted by atomic mass is 15.2. The molecule has 4 nitrogen and oxygen atoms in total. The van der Waals surface area contributed by atoms with Gasteiger partial charge in [-0.25, -0.2) is 4.98 Å². The van der Waals surface area contributed by atoms with Crippen LogP contribution in [0.5, 0.6) is 0 Å². The average molecular weight is 232 g/mol. The molecule has 0 fully saturated rings. The lowest BCUT2D eigenvalue weighted by molar-refractivity contribution is 0.232. The number of rotatable bonds is 4. The van der Waals surface area contributed by atoms with E-state index in [1.807, 2.05) is 0 Å². The van der Waals surface area contributed by atoms with Crippen LogP contribution >= 0.6 is 0 Å². The smallest absolute Gasteiger partial charge is 0.0932 e. The number of aromatic nitrogens is 2. The third kappa shape index (κ3) is 2.48. The predicted molar refractivity (Wildman–Crippen MR) is 71.1 cm³/mol. The quantitative estimate of drug-likeness (QED) is 0.872. The molecule has 1 unspecified atom stereocenters. The number of aromatic amines is 1. The van der Waals surface area contributed by atoms with Crippen LogP contribution in [0, 0.1) is 0 Å². The number of hydrogen-bond donors (Lipinski definition) is 1. The molecule has 1 aromatic heterocycles. The Balaban J connectivity index is 2.44. The van der Waals surface area contributed by atoms with E-state index in [4.69, 9.17) is 0 Å². The van der Waals surface area contributed by atoms with E-state index in [1.165, 1.54) is 5.56 Å². The van der Waals surface area contributed by atoms with E-state index in [9.17, 15) is 0 Å². The van der Waals surface area contributed by atoms with Crippen molar-refractivity contribution in [3.63, 3.8) is 0 Å². The van der Waals surface area contributed by atoms with Crippen LogP contribution in [-0.2, 0) is 0 Å². The van der Waals surface area contributed by atoms with Crippen molar-refractivity contribution < 1.29 is 0 Å². The topological polar surface area (TPSA) is 35.2 Å². The van der Waals surface area contributed by atoms with Gasteiger partial charge in [-0.05, 0) is 39.8 Å². The van der Waals surface area contributed by atoms with E-state index in [0.717, 1.165) is 17.6 Å². The molecule has 0 amide bonds. The zero-order valence-corrected chi connectivity index (χ0v) is 10.9. The van der Waals surface area contributed by atoms with Gasteiger partial charge in [0.1, 0.15) is 0 Å². The van der Waals surface area contributed by atoms with Crippen LogP contribution in [0.3, 0.4) is 0 Å². The zero-order chi connectivity index (χ0) is 12.4. The minimum absolute atomic E-state index is 0.358. The van der Waals surface area contributed by atoms with Gasteiger partial charge < -0.3 is 14.8 Å². The number of benzene rings is 1. The fourth-order valence-corrected chi connectivity index (χ4v) is 2.14. The second-order valence-corrected chi connectivity index (χ2v) is 4.89. The van der Waals surface area contributed by atoms with Crippen molar-refractivity contribution in [2.75, 3.05) is 34.7 Å². The first kappa shape index (κ1) is 12.1. The third-order valence-corrected chi connectivity index (χ3v) is 3.00. The van der Waals surface area contributed by atoms with Gasteiger partial charge in [0.05, 0.1) is 17.4 Å². The van der Waals surface area contributed by atoms with Gasteiger partial charge in [0.2, 0.25) is 0 Å². The van der Waals surface area contributed by atoms with E-state index in [0.29, 0.717) is 6.04 Å². The lowest BCUT2D eigenvalue weighted by Crippen LogP contribution is -2.30. The SMILES string of the molecule is CN(C)CC(c1cccc2[nH]cnc12)N(C)C. The number of hydrogen-bond acceptors (Lipinski definition) is 3. The molecule has 0 spiro atoms. The molecule has 0 saturated carbocycles. The molecule has 1 atom stereocenters. The molecule has 92 valence electrons. The predicted octanol–water partition coefficient (Wildman–Crippen LogP) is 1.73. The third-order valence-electron chi connectivity index (χ3n) is 3.00. The second kappa shape index (κ2) is 4.85. The van der Waals surface area contributed by atoms with Crippen molar-refractivity contribution in [1.29, 1.82) is 0 Å². The number of nitrogens with zero attached hydrogens (tertiary/aromatic N) is 3. The maximum absolute atomic E-state index is 4.43. The monoisotopic (exact) mass is 232 g/mol. The van der Waals surface area contributed by atoms with Crippen LogP contribution in [0.25, 0.3) is 11.0 Å². The minimum atomic E-state index is 0.358. The number of imidazole rings is 1. The molecule has 1 heterocycles. The van der Waals surface area contributed by atoms with Crippen LogP contribution in [0.2, 0.25) is 0 Å². The summed E-state index contributed by atoms with van der Waals surface area (Å²) in [4.78, 5) is 12.0. The lowest BCUT2D eigenvalue weighted by Gasteiger charge is -2.27. The standard InChI is InChI=1S/C13H20N4/c1-16(2)8-12(17(3)4)10-6-5-7-11-13(10)15-9-14-11/h5-7,9,12H,8H2,1-4H3,(H,14,15). The molecular formula is C13H20N4. The van der Waals surface area contributed by atoms with Crippen molar-refractivity contribution in [1.82, 2.24) is 19.8 Å². The van der Waals surface area contributed by atoms with E-state index in [2.05, 4.69) is 66.2 Å². The molecule has 0 bridgehead atoms. The normalized spacial score (nSPS) is 13.8. The van der Waals surface area contributed by atoms with Crippen molar-refractivity contribution >= 4 is 11.0 Å². The molecule has 0 saturated heterocycles. The van der Waals surface area contributed by atoms with Gasteiger partial charge in [-0.1, -0.05) is 12.1 Å². The van der Waals surface area contributed by atoms with E-state index >= 15 is 0 Å². The van der Waals surface area contributed by atoms with Crippen molar-refractivity contribution in [2.45, 2.75) is 6.04 Å². The van der Waals surface area contributed by atoms with Gasteiger partial charge in [-0.2, -0.15) is 0 Å². The van der Waals surface area contributed by atoms with Crippen molar-refractivity contribution in [3.05, 3.63) is 30.1 Å². The Bertz CT molecular complexity index is 487. The molecule has 1 N–H and O–H groups in total. The summed E-state index contributed by atoms with van der Waals surface area (Å²) in [5.41, 5.74) is 3.46. The van der Waals surface area contributed by atoms with Crippen LogP contribution in [0.1, 0.15) is 11.6 Å². The highest BCUT2D eigenvalue weighted by Crippen LogP contribution is 2.25. The molecule has 0 aliphatic carbocycles. The van der Waals surface area contributed by atoms with Crippen LogP contribution in [-0.4, -0.2) is 54.5 Å². The molecule has 0 radical (unpaired) electrons. The molecule has 2 rings (SSSR count). The Morgan fingerprint density at radius 1 is 1.24 bits per heavy atom. The summed E-state index contributed by atoms with van der Waals surface area (Å²) in [7, 11) is 8.42. The lowest BCUT2D eigenvalue weighted by atomic mass is 10.0. The first-order chi connectivity index (χ1) is 8.09. The van der Waals surface area contributed by atoms with Crippen molar-refractivity contribution in [2.24, 2.45) is 0 Å².